The molecule has 0 spiro atoms. The van der Waals surface area contributed by atoms with Gasteiger partial charge >= 0.3 is 6.03 Å². The first kappa shape index (κ1) is 24.5. The number of carbonyl (C=O) groups is 1. The van der Waals surface area contributed by atoms with E-state index < -0.39 is 21.9 Å². The second kappa shape index (κ2) is 10.5. The predicted molar refractivity (Wildman–Crippen MR) is 118 cm³/mol. The van der Waals surface area contributed by atoms with Crippen molar-refractivity contribution in [3.63, 3.8) is 0 Å². The van der Waals surface area contributed by atoms with Crippen molar-refractivity contribution in [1.82, 2.24) is 20.2 Å². The third-order valence-corrected chi connectivity index (χ3v) is 5.79. The molecular weight excluding hydrogens is 423 g/mol. The lowest BCUT2D eigenvalue weighted by Crippen LogP contribution is -2.35. The Hall–Kier alpha value is -2.79. The van der Waals surface area contributed by atoms with E-state index in [1.54, 1.807) is 7.05 Å². The third-order valence-electron chi connectivity index (χ3n) is 4.49. The summed E-state index contributed by atoms with van der Waals surface area (Å²) in [5.41, 5.74) is 1.57. The Morgan fingerprint density at radius 3 is 2.23 bits per heavy atom. The van der Waals surface area contributed by atoms with Crippen LogP contribution < -0.4 is 20.7 Å². The predicted octanol–water partition coefficient (Wildman–Crippen LogP) is 3.00. The zero-order chi connectivity index (χ0) is 23.2. The van der Waals surface area contributed by atoms with Crippen LogP contribution in [0.2, 0.25) is 0 Å². The van der Waals surface area contributed by atoms with Crippen LogP contribution in [0.15, 0.2) is 29.3 Å². The highest BCUT2D eigenvalue weighted by Gasteiger charge is 2.22. The van der Waals surface area contributed by atoms with Crippen LogP contribution in [0.5, 0.6) is 0 Å². The summed E-state index contributed by atoms with van der Waals surface area (Å²) < 4.78 is 41.4. The van der Waals surface area contributed by atoms with Crippen molar-refractivity contribution in [1.29, 1.82) is 0 Å². The molecule has 0 saturated heterocycles. The van der Waals surface area contributed by atoms with Gasteiger partial charge in [0.25, 0.3) is 10.0 Å². The molecule has 31 heavy (non-hydrogen) atoms. The molecule has 0 aliphatic rings. The molecule has 1 aromatic carbocycles. The molecule has 0 radical (unpaired) electrons. The Labute approximate surface area is 182 Å². The minimum Gasteiger partial charge on any atom is -0.367 e. The van der Waals surface area contributed by atoms with Gasteiger partial charge < -0.3 is 16.0 Å². The highest BCUT2D eigenvalue weighted by Crippen LogP contribution is 2.33. The molecule has 0 atom stereocenters. The van der Waals surface area contributed by atoms with E-state index in [4.69, 9.17) is 0 Å². The van der Waals surface area contributed by atoms with Crippen LogP contribution in [0.1, 0.15) is 50.7 Å². The van der Waals surface area contributed by atoms with Gasteiger partial charge in [-0.05, 0) is 42.1 Å². The molecule has 170 valence electrons. The smallest absolute Gasteiger partial charge is 0.333 e. The number of nitrogens with zero attached hydrogens (tertiary/aromatic N) is 2. The Morgan fingerprint density at radius 2 is 1.68 bits per heavy atom. The van der Waals surface area contributed by atoms with Crippen LogP contribution in [-0.2, 0) is 10.0 Å². The maximum atomic E-state index is 14.1. The molecule has 2 aromatic rings. The summed E-state index contributed by atoms with van der Waals surface area (Å²) in [7, 11) is -2.42. The summed E-state index contributed by atoms with van der Waals surface area (Å²) in [6.07, 6.45) is 1.05. The lowest BCUT2D eigenvalue weighted by Gasteiger charge is -2.20. The highest BCUT2D eigenvalue weighted by molar-refractivity contribution is 7.90. The van der Waals surface area contributed by atoms with E-state index in [0.717, 1.165) is 6.20 Å². The number of hydrogen-bond donors (Lipinski definition) is 4. The quantitative estimate of drug-likeness (QED) is 0.431. The van der Waals surface area contributed by atoms with E-state index in [9.17, 15) is 17.6 Å². The van der Waals surface area contributed by atoms with E-state index in [0.29, 0.717) is 29.9 Å². The lowest BCUT2D eigenvalue weighted by molar-refractivity contribution is 0.256. The zero-order valence-corrected chi connectivity index (χ0v) is 19.1. The lowest BCUT2D eigenvalue weighted by atomic mass is 9.92. The minimum absolute atomic E-state index is 0.0873. The molecule has 0 aliphatic carbocycles. The molecule has 9 nitrogen and oxygen atoms in total. The fourth-order valence-electron chi connectivity index (χ4n) is 2.92. The number of rotatable bonds is 9. The van der Waals surface area contributed by atoms with E-state index in [2.05, 4.69) is 26.1 Å². The van der Waals surface area contributed by atoms with Crippen LogP contribution in [0.4, 0.5) is 20.7 Å². The number of hydrogen-bond acceptors (Lipinski definition) is 7. The summed E-state index contributed by atoms with van der Waals surface area (Å²) in [6.45, 7) is 8.62. The standard InChI is InChI=1S/C20H29FN6O3S/c1-12(2)16-8-14(21)9-17(13(3)4)19(16)25-20(28)27-31(29,30)15-10-18(26-24-11-15)23-7-6-22-5/h8-13,22H,6-7H2,1-5H3,(H,23,26)(H2,25,27,28). The molecule has 0 aliphatic heterocycles. The first-order valence-corrected chi connectivity index (χ1v) is 11.4. The van der Waals surface area contributed by atoms with Gasteiger partial charge in [-0.3, -0.25) is 0 Å². The van der Waals surface area contributed by atoms with Crippen molar-refractivity contribution in [2.24, 2.45) is 0 Å². The topological polar surface area (TPSA) is 125 Å². The van der Waals surface area contributed by atoms with E-state index in [-0.39, 0.29) is 22.5 Å². The summed E-state index contributed by atoms with van der Waals surface area (Å²) in [5, 5.41) is 16.0. The molecular formula is C20H29FN6O3S. The van der Waals surface area contributed by atoms with Crippen molar-refractivity contribution in [2.45, 2.75) is 44.4 Å². The van der Waals surface area contributed by atoms with Crippen LogP contribution in [0.3, 0.4) is 0 Å². The maximum absolute atomic E-state index is 14.1. The Bertz CT molecular complexity index is 998. The van der Waals surface area contributed by atoms with Gasteiger partial charge in [0.05, 0.1) is 6.20 Å². The summed E-state index contributed by atoms with van der Waals surface area (Å²) >= 11 is 0. The van der Waals surface area contributed by atoms with Gasteiger partial charge in [-0.15, -0.1) is 5.10 Å². The number of likely N-dealkylation sites (N-methyl/N-ethyl adjacent to an activating group) is 1. The number of nitrogens with one attached hydrogen (secondary N) is 4. The fourth-order valence-corrected chi connectivity index (χ4v) is 3.79. The van der Waals surface area contributed by atoms with Gasteiger partial charge in [0.1, 0.15) is 16.5 Å². The van der Waals surface area contributed by atoms with Crippen molar-refractivity contribution in [3.05, 3.63) is 41.3 Å². The molecule has 0 bridgehead atoms. The largest absolute Gasteiger partial charge is 0.367 e. The number of benzene rings is 1. The second-order valence-electron chi connectivity index (χ2n) is 7.64. The van der Waals surface area contributed by atoms with Gasteiger partial charge in [0, 0.05) is 24.8 Å². The number of aromatic nitrogens is 2. The van der Waals surface area contributed by atoms with Crippen LogP contribution in [0, 0.1) is 5.82 Å². The molecule has 1 aromatic heterocycles. The summed E-state index contributed by atoms with van der Waals surface area (Å²) in [6, 6.07) is 3.03. The minimum atomic E-state index is -4.20. The van der Waals surface area contributed by atoms with Gasteiger partial charge in [0.2, 0.25) is 0 Å². The number of carbonyl (C=O) groups excluding carboxylic acids is 1. The summed E-state index contributed by atoms with van der Waals surface area (Å²) in [5.74, 6) is -0.320. The van der Waals surface area contributed by atoms with Crippen LogP contribution in [-0.4, -0.2) is 44.8 Å². The molecule has 1 heterocycles. The van der Waals surface area contributed by atoms with E-state index >= 15 is 0 Å². The number of amides is 2. The number of sulfonamides is 1. The van der Waals surface area contributed by atoms with E-state index in [1.165, 1.54) is 18.2 Å². The SMILES string of the molecule is CNCCNc1cc(S(=O)(=O)NC(=O)Nc2c(C(C)C)cc(F)cc2C(C)C)cnn1. The second-order valence-corrected chi connectivity index (χ2v) is 9.32. The Morgan fingerprint density at radius 1 is 1.06 bits per heavy atom. The van der Waals surface area contributed by atoms with Crippen LogP contribution >= 0.6 is 0 Å². The van der Waals surface area contributed by atoms with Gasteiger partial charge in [-0.2, -0.15) is 5.10 Å². The molecule has 4 N–H and O–H groups in total. The normalized spacial score (nSPS) is 11.6. The monoisotopic (exact) mass is 452 g/mol. The number of anilines is 2. The van der Waals surface area contributed by atoms with Gasteiger partial charge in [-0.1, -0.05) is 27.7 Å². The van der Waals surface area contributed by atoms with E-state index in [1.807, 2.05) is 32.4 Å². The average molecular weight is 453 g/mol. The summed E-state index contributed by atoms with van der Waals surface area (Å²) in [4.78, 5) is 12.4. The number of halogens is 1. The van der Waals surface area contributed by atoms with Crippen molar-refractivity contribution >= 4 is 27.6 Å². The Balaban J connectivity index is 2.25. The van der Waals surface area contributed by atoms with Gasteiger partial charge in [-0.25, -0.2) is 22.3 Å². The van der Waals surface area contributed by atoms with Crippen LogP contribution in [0.25, 0.3) is 0 Å². The third kappa shape index (κ3) is 6.59. The molecule has 0 unspecified atom stereocenters. The first-order valence-electron chi connectivity index (χ1n) is 9.93. The first-order chi connectivity index (χ1) is 14.5. The zero-order valence-electron chi connectivity index (χ0n) is 18.3. The van der Waals surface area contributed by atoms with Crippen molar-refractivity contribution < 1.29 is 17.6 Å². The van der Waals surface area contributed by atoms with Crippen molar-refractivity contribution in [2.75, 3.05) is 30.8 Å². The molecule has 0 fully saturated rings. The molecule has 2 amide bonds. The fraction of sp³-hybridized carbons (Fsp3) is 0.450. The maximum Gasteiger partial charge on any atom is 0.333 e. The molecule has 2 rings (SSSR count). The molecule has 11 heteroatoms. The van der Waals surface area contributed by atoms with Crippen molar-refractivity contribution in [3.8, 4) is 0 Å². The van der Waals surface area contributed by atoms with Gasteiger partial charge in [0.15, 0.2) is 0 Å². The average Bonchev–Trinajstić information content (AvgIpc) is 2.68. The highest BCUT2D eigenvalue weighted by atomic mass is 32.2. The molecule has 0 saturated carbocycles. The Kier molecular flexibility index (Phi) is 8.28. The number of urea groups is 1.